The number of Topliss-reactive ketones (excluding diaryl/α,β-unsaturated/α-hetero) is 1. The van der Waals surface area contributed by atoms with Gasteiger partial charge < -0.3 is 5.11 Å². The lowest BCUT2D eigenvalue weighted by atomic mass is 9.88. The monoisotopic (exact) mass is 340 g/mol. The summed E-state index contributed by atoms with van der Waals surface area (Å²) in [5, 5.41) is 8.53. The lowest BCUT2D eigenvalue weighted by Crippen LogP contribution is -2.18. The number of carboxylic acids is 1. The average Bonchev–Trinajstić information content (AvgIpc) is 2.16. The van der Waals surface area contributed by atoms with Crippen LogP contribution in [0.5, 0.6) is 0 Å². The van der Waals surface area contributed by atoms with Crippen LogP contribution in [0.3, 0.4) is 0 Å². The molecule has 3 atom stereocenters. The number of ketones is 1. The standard InChI is InChI=1S/C12H21IO3/c1-8(4-9(2)7-13)5-10(3)11(14)6-12(15)16/h8-10H,4-7H2,1-3H3,(H,15,16)/t8-,9+,10+/m0/s1. The van der Waals surface area contributed by atoms with Gasteiger partial charge in [-0.1, -0.05) is 43.4 Å². The van der Waals surface area contributed by atoms with Gasteiger partial charge in [-0.25, -0.2) is 0 Å². The third-order valence-corrected chi connectivity index (χ3v) is 4.20. The van der Waals surface area contributed by atoms with Crippen molar-refractivity contribution >= 4 is 34.3 Å². The van der Waals surface area contributed by atoms with Crippen molar-refractivity contribution in [1.29, 1.82) is 0 Å². The van der Waals surface area contributed by atoms with Crippen LogP contribution in [0, 0.1) is 17.8 Å². The van der Waals surface area contributed by atoms with E-state index < -0.39 is 5.97 Å². The van der Waals surface area contributed by atoms with Gasteiger partial charge in [0.15, 0.2) is 0 Å². The van der Waals surface area contributed by atoms with E-state index in [-0.39, 0.29) is 18.1 Å². The number of rotatable bonds is 8. The molecular formula is C12H21IO3. The molecule has 94 valence electrons. The minimum absolute atomic E-state index is 0.132. The first kappa shape index (κ1) is 15.9. The lowest BCUT2D eigenvalue weighted by molar-refractivity contribution is -0.141. The molecule has 0 radical (unpaired) electrons. The first-order chi connectivity index (χ1) is 7.36. The topological polar surface area (TPSA) is 54.4 Å². The van der Waals surface area contributed by atoms with Gasteiger partial charge in [-0.05, 0) is 24.7 Å². The summed E-state index contributed by atoms with van der Waals surface area (Å²) in [6, 6.07) is 0. The molecule has 0 saturated carbocycles. The molecule has 0 fully saturated rings. The molecule has 0 aliphatic carbocycles. The van der Waals surface area contributed by atoms with E-state index in [1.54, 1.807) is 0 Å². The largest absolute Gasteiger partial charge is 0.481 e. The average molecular weight is 340 g/mol. The van der Waals surface area contributed by atoms with Crippen LogP contribution in [-0.4, -0.2) is 21.3 Å². The summed E-state index contributed by atoms with van der Waals surface area (Å²) >= 11 is 2.37. The maximum absolute atomic E-state index is 11.5. The van der Waals surface area contributed by atoms with Crippen LogP contribution < -0.4 is 0 Å². The molecule has 0 unspecified atom stereocenters. The van der Waals surface area contributed by atoms with Gasteiger partial charge in [-0.2, -0.15) is 0 Å². The van der Waals surface area contributed by atoms with E-state index in [0.29, 0.717) is 11.8 Å². The Morgan fingerprint density at radius 3 is 2.12 bits per heavy atom. The molecule has 0 aromatic rings. The molecule has 0 rings (SSSR count). The van der Waals surface area contributed by atoms with Gasteiger partial charge in [-0.15, -0.1) is 0 Å². The van der Waals surface area contributed by atoms with Gasteiger partial charge in [-0.3, -0.25) is 9.59 Å². The summed E-state index contributed by atoms with van der Waals surface area (Å²) in [4.78, 5) is 21.9. The zero-order valence-electron chi connectivity index (χ0n) is 10.2. The Morgan fingerprint density at radius 1 is 1.12 bits per heavy atom. The van der Waals surface area contributed by atoms with E-state index in [0.717, 1.165) is 17.3 Å². The third-order valence-electron chi connectivity index (χ3n) is 2.70. The molecule has 4 heteroatoms. The fourth-order valence-corrected chi connectivity index (χ4v) is 2.26. The minimum Gasteiger partial charge on any atom is -0.481 e. The number of halogens is 1. The van der Waals surface area contributed by atoms with E-state index in [1.165, 1.54) is 0 Å². The highest BCUT2D eigenvalue weighted by Gasteiger charge is 2.19. The van der Waals surface area contributed by atoms with Gasteiger partial charge in [0.25, 0.3) is 0 Å². The van der Waals surface area contributed by atoms with Crippen molar-refractivity contribution in [3.05, 3.63) is 0 Å². The van der Waals surface area contributed by atoms with Crippen molar-refractivity contribution in [2.24, 2.45) is 17.8 Å². The number of hydrogen-bond donors (Lipinski definition) is 1. The highest BCUT2D eigenvalue weighted by atomic mass is 127. The molecule has 0 aliphatic rings. The zero-order valence-corrected chi connectivity index (χ0v) is 12.4. The Morgan fingerprint density at radius 2 is 1.69 bits per heavy atom. The van der Waals surface area contributed by atoms with Crippen LogP contribution in [0.4, 0.5) is 0 Å². The third kappa shape index (κ3) is 7.19. The van der Waals surface area contributed by atoms with Gasteiger partial charge in [0.05, 0.1) is 0 Å². The fourth-order valence-electron chi connectivity index (χ4n) is 1.90. The highest BCUT2D eigenvalue weighted by molar-refractivity contribution is 14.1. The number of carbonyl (C=O) groups is 2. The quantitative estimate of drug-likeness (QED) is 0.420. The van der Waals surface area contributed by atoms with Crippen LogP contribution in [0.1, 0.15) is 40.0 Å². The molecule has 16 heavy (non-hydrogen) atoms. The van der Waals surface area contributed by atoms with Crippen LogP contribution in [0.25, 0.3) is 0 Å². The molecule has 0 aliphatic heterocycles. The highest BCUT2D eigenvalue weighted by Crippen LogP contribution is 2.22. The van der Waals surface area contributed by atoms with Crippen molar-refractivity contribution in [2.75, 3.05) is 4.43 Å². The van der Waals surface area contributed by atoms with Crippen LogP contribution in [0.2, 0.25) is 0 Å². The summed E-state index contributed by atoms with van der Waals surface area (Å²) in [6.07, 6.45) is 1.57. The summed E-state index contributed by atoms with van der Waals surface area (Å²) in [7, 11) is 0. The Labute approximate surface area is 111 Å². The smallest absolute Gasteiger partial charge is 0.310 e. The summed E-state index contributed by atoms with van der Waals surface area (Å²) in [5.74, 6) is -0.158. The molecule has 0 heterocycles. The molecule has 0 aromatic heterocycles. The summed E-state index contributed by atoms with van der Waals surface area (Å²) in [6.45, 7) is 6.16. The van der Waals surface area contributed by atoms with Crippen molar-refractivity contribution in [3.8, 4) is 0 Å². The first-order valence-electron chi connectivity index (χ1n) is 5.67. The Kier molecular flexibility index (Phi) is 7.97. The summed E-state index contributed by atoms with van der Waals surface area (Å²) < 4.78 is 1.12. The van der Waals surface area contributed by atoms with Gasteiger partial charge >= 0.3 is 5.97 Å². The zero-order chi connectivity index (χ0) is 12.7. The van der Waals surface area contributed by atoms with Crippen molar-refractivity contribution in [2.45, 2.75) is 40.0 Å². The van der Waals surface area contributed by atoms with E-state index in [2.05, 4.69) is 36.4 Å². The predicted molar refractivity (Wildman–Crippen MR) is 72.9 cm³/mol. The maximum Gasteiger partial charge on any atom is 0.310 e. The minimum atomic E-state index is -1.02. The Bertz CT molecular complexity index is 240. The molecular weight excluding hydrogens is 319 g/mol. The van der Waals surface area contributed by atoms with Crippen LogP contribution >= 0.6 is 22.6 Å². The van der Waals surface area contributed by atoms with E-state index in [1.807, 2.05) is 6.92 Å². The first-order valence-corrected chi connectivity index (χ1v) is 7.19. The van der Waals surface area contributed by atoms with Crippen molar-refractivity contribution in [1.82, 2.24) is 0 Å². The summed E-state index contributed by atoms with van der Waals surface area (Å²) in [5.41, 5.74) is 0. The lowest BCUT2D eigenvalue weighted by Gasteiger charge is -2.18. The SMILES string of the molecule is C[C@@H](CI)C[C@H](C)C[C@@H](C)C(=O)CC(=O)O. The van der Waals surface area contributed by atoms with E-state index in [4.69, 9.17) is 5.11 Å². The fraction of sp³-hybridized carbons (Fsp3) is 0.833. The predicted octanol–water partition coefficient (Wildman–Crippen LogP) is 3.15. The number of carboxylic acid groups (broad SMARTS) is 1. The molecule has 1 N–H and O–H groups in total. The number of aliphatic carboxylic acids is 1. The Balaban J connectivity index is 3.98. The maximum atomic E-state index is 11.5. The number of alkyl halides is 1. The van der Waals surface area contributed by atoms with Crippen molar-refractivity contribution < 1.29 is 14.7 Å². The number of carbonyl (C=O) groups excluding carboxylic acids is 1. The van der Waals surface area contributed by atoms with Gasteiger partial charge in [0.2, 0.25) is 0 Å². The molecule has 0 amide bonds. The molecule has 0 saturated heterocycles. The normalized spacial score (nSPS) is 16.5. The van der Waals surface area contributed by atoms with Crippen LogP contribution in [-0.2, 0) is 9.59 Å². The van der Waals surface area contributed by atoms with Crippen LogP contribution in [0.15, 0.2) is 0 Å². The van der Waals surface area contributed by atoms with Gasteiger partial charge in [0, 0.05) is 10.3 Å². The van der Waals surface area contributed by atoms with Gasteiger partial charge in [0.1, 0.15) is 12.2 Å². The molecule has 0 bridgehead atoms. The second-order valence-corrected chi connectivity index (χ2v) is 5.65. The molecule has 0 spiro atoms. The van der Waals surface area contributed by atoms with Crippen molar-refractivity contribution in [3.63, 3.8) is 0 Å². The van der Waals surface area contributed by atoms with E-state index in [9.17, 15) is 9.59 Å². The van der Waals surface area contributed by atoms with E-state index >= 15 is 0 Å². The second kappa shape index (κ2) is 8.03. The second-order valence-electron chi connectivity index (χ2n) is 4.77. The molecule has 0 aromatic carbocycles. The molecule has 3 nitrogen and oxygen atoms in total. The Hall–Kier alpha value is -0.130. The number of hydrogen-bond acceptors (Lipinski definition) is 2.